The van der Waals surface area contributed by atoms with Crippen LogP contribution in [0.2, 0.25) is 0 Å². The normalized spacial score (nSPS) is 14.1. The van der Waals surface area contributed by atoms with Crippen molar-refractivity contribution < 1.29 is 34.2 Å². The van der Waals surface area contributed by atoms with Crippen molar-refractivity contribution in [2.24, 2.45) is 28.1 Å². The zero-order valence-electron chi connectivity index (χ0n) is 20.2. The maximum atomic E-state index is 12.6. The number of rotatable bonds is 16. The summed E-state index contributed by atoms with van der Waals surface area (Å²) in [6, 6.07) is -4.50. The molecule has 4 atom stereocenters. The first-order valence-electron chi connectivity index (χ1n) is 11.1. The van der Waals surface area contributed by atoms with E-state index in [-0.39, 0.29) is 24.7 Å². The van der Waals surface area contributed by atoms with Crippen molar-refractivity contribution in [3.05, 3.63) is 0 Å². The van der Waals surface area contributed by atoms with Gasteiger partial charge < -0.3 is 48.7 Å². The highest BCUT2D eigenvalue weighted by molar-refractivity contribution is 5.95. The van der Waals surface area contributed by atoms with Crippen molar-refractivity contribution in [3.63, 3.8) is 0 Å². The van der Waals surface area contributed by atoms with Crippen LogP contribution >= 0.6 is 0 Å². The van der Waals surface area contributed by atoms with E-state index < -0.39 is 66.9 Å². The molecule has 0 saturated heterocycles. The second kappa shape index (κ2) is 16.2. The van der Waals surface area contributed by atoms with Gasteiger partial charge in [0.1, 0.15) is 24.7 Å². The molecule has 0 aromatic carbocycles. The summed E-state index contributed by atoms with van der Waals surface area (Å²) in [4.78, 5) is 63.9. The summed E-state index contributed by atoms with van der Waals surface area (Å²) >= 11 is 0. The summed E-state index contributed by atoms with van der Waals surface area (Å²) in [6.45, 7) is 3.84. The van der Waals surface area contributed by atoms with Crippen molar-refractivity contribution in [1.29, 1.82) is 0 Å². The fraction of sp³-hybridized carbons (Fsp3) is 0.700. The van der Waals surface area contributed by atoms with Crippen molar-refractivity contribution in [2.45, 2.75) is 64.2 Å². The summed E-state index contributed by atoms with van der Waals surface area (Å²) < 4.78 is 0. The Hall–Kier alpha value is -3.46. The molecular formula is C20H38N8O7. The monoisotopic (exact) mass is 502 g/mol. The van der Waals surface area contributed by atoms with Gasteiger partial charge in [-0.25, -0.2) is 0 Å². The zero-order chi connectivity index (χ0) is 27.1. The van der Waals surface area contributed by atoms with Crippen LogP contribution in [0.1, 0.15) is 40.0 Å². The van der Waals surface area contributed by atoms with Crippen molar-refractivity contribution in [3.8, 4) is 0 Å². The topological polar surface area (TPSA) is 264 Å². The molecule has 0 aliphatic carbocycles. The molecule has 0 spiro atoms. The van der Waals surface area contributed by atoms with Gasteiger partial charge in [-0.2, -0.15) is 0 Å². The number of amides is 4. The Morgan fingerprint density at radius 1 is 0.886 bits per heavy atom. The van der Waals surface area contributed by atoms with Crippen LogP contribution < -0.4 is 38.5 Å². The van der Waals surface area contributed by atoms with Crippen LogP contribution in [-0.4, -0.2) is 89.6 Å². The van der Waals surface area contributed by atoms with E-state index >= 15 is 0 Å². The van der Waals surface area contributed by atoms with Gasteiger partial charge in [0.2, 0.25) is 23.6 Å². The number of hydrogen-bond acceptors (Lipinski definition) is 8. The summed E-state index contributed by atoms with van der Waals surface area (Å²) in [7, 11) is 0. The van der Waals surface area contributed by atoms with Gasteiger partial charge in [0.25, 0.3) is 0 Å². The smallest absolute Gasteiger partial charge is 0.322 e. The van der Waals surface area contributed by atoms with E-state index in [9.17, 15) is 29.1 Å². The highest BCUT2D eigenvalue weighted by Gasteiger charge is 2.29. The Morgan fingerprint density at radius 2 is 1.49 bits per heavy atom. The number of carbonyl (C=O) groups excluding carboxylic acids is 4. The fourth-order valence-corrected chi connectivity index (χ4v) is 2.79. The molecule has 15 heteroatoms. The summed E-state index contributed by atoms with van der Waals surface area (Å²) in [5.41, 5.74) is 16.2. The molecule has 0 saturated carbocycles. The van der Waals surface area contributed by atoms with Crippen molar-refractivity contribution in [1.82, 2.24) is 21.3 Å². The molecule has 35 heavy (non-hydrogen) atoms. The van der Waals surface area contributed by atoms with Gasteiger partial charge in [-0.05, 0) is 32.1 Å². The summed E-state index contributed by atoms with van der Waals surface area (Å²) in [5, 5.41) is 27.6. The standard InChI is InChI=1S/C20H38N8O7/c1-10(2)7-13(18(34)25-8-15(30)31)27-19(35)14(9-29)28-16(32)11(3)26-17(33)12(21)5-4-6-24-20(22)23/h10-14,29H,4-9,21H2,1-3H3,(H,25,34)(H,26,33)(H,27,35)(H,28,32)(H,30,31)(H4,22,23,24)/t11-,12-,13-,14-/m0/s1. The summed E-state index contributed by atoms with van der Waals surface area (Å²) in [5.74, 6) is -4.30. The van der Waals surface area contributed by atoms with Gasteiger partial charge in [0.15, 0.2) is 5.96 Å². The first-order chi connectivity index (χ1) is 16.3. The molecule has 0 aromatic heterocycles. The lowest BCUT2D eigenvalue weighted by Gasteiger charge is -2.24. The number of hydrogen-bond donors (Lipinski definition) is 9. The molecule has 0 rings (SSSR count). The van der Waals surface area contributed by atoms with Crippen LogP contribution in [0.5, 0.6) is 0 Å². The molecule has 0 unspecified atom stereocenters. The number of nitrogens with two attached hydrogens (primary N) is 3. The number of carboxylic acid groups (broad SMARTS) is 1. The van der Waals surface area contributed by atoms with Crippen molar-refractivity contribution >= 4 is 35.6 Å². The van der Waals surface area contributed by atoms with Crippen LogP contribution in [0.15, 0.2) is 4.99 Å². The molecule has 200 valence electrons. The molecular weight excluding hydrogens is 464 g/mol. The molecule has 15 nitrogen and oxygen atoms in total. The van der Waals surface area contributed by atoms with Crippen LogP contribution in [-0.2, 0) is 24.0 Å². The fourth-order valence-electron chi connectivity index (χ4n) is 2.79. The van der Waals surface area contributed by atoms with Gasteiger partial charge >= 0.3 is 5.97 Å². The number of nitrogens with zero attached hydrogens (tertiary/aromatic N) is 1. The van der Waals surface area contributed by atoms with E-state index in [2.05, 4.69) is 26.3 Å². The number of nitrogens with one attached hydrogen (secondary N) is 4. The van der Waals surface area contributed by atoms with E-state index in [4.69, 9.17) is 22.3 Å². The lowest BCUT2D eigenvalue weighted by molar-refractivity contribution is -0.138. The van der Waals surface area contributed by atoms with E-state index in [0.717, 1.165) is 0 Å². The minimum atomic E-state index is -1.42. The Kier molecular flexibility index (Phi) is 14.6. The largest absolute Gasteiger partial charge is 0.480 e. The van der Waals surface area contributed by atoms with Gasteiger partial charge in [0.05, 0.1) is 12.6 Å². The third kappa shape index (κ3) is 13.7. The Labute approximate surface area is 203 Å². The molecule has 0 aliphatic heterocycles. The highest BCUT2D eigenvalue weighted by Crippen LogP contribution is 2.06. The Balaban J connectivity index is 4.92. The van der Waals surface area contributed by atoms with Crippen molar-refractivity contribution in [2.75, 3.05) is 19.7 Å². The second-order valence-electron chi connectivity index (χ2n) is 8.33. The molecule has 0 aromatic rings. The number of carbonyl (C=O) groups is 5. The maximum absolute atomic E-state index is 12.6. The molecule has 0 radical (unpaired) electrons. The van der Waals surface area contributed by atoms with Gasteiger partial charge in [-0.1, -0.05) is 13.8 Å². The maximum Gasteiger partial charge on any atom is 0.322 e. The van der Waals surface area contributed by atoms with Crippen LogP contribution in [0, 0.1) is 5.92 Å². The SMILES string of the molecule is CC(C)C[C@H](NC(=O)[C@H](CO)NC(=O)[C@H](C)NC(=O)[C@@H](N)CCCN=C(N)N)C(=O)NCC(=O)O. The molecule has 0 fully saturated rings. The van der Waals surface area contributed by atoms with Crippen LogP contribution in [0.25, 0.3) is 0 Å². The van der Waals surface area contributed by atoms with Crippen LogP contribution in [0.4, 0.5) is 0 Å². The lowest BCUT2D eigenvalue weighted by Crippen LogP contribution is -2.58. The predicted octanol–water partition coefficient (Wildman–Crippen LogP) is -3.92. The van der Waals surface area contributed by atoms with E-state index in [1.54, 1.807) is 13.8 Å². The first kappa shape index (κ1) is 31.5. The molecule has 0 aliphatic rings. The third-order valence-corrected chi connectivity index (χ3v) is 4.63. The molecule has 4 amide bonds. The summed E-state index contributed by atoms with van der Waals surface area (Å²) in [6.07, 6.45) is 0.897. The first-order valence-corrected chi connectivity index (χ1v) is 11.1. The van der Waals surface area contributed by atoms with E-state index in [1.807, 2.05) is 0 Å². The number of aliphatic imine (C=N–C) groups is 1. The minimum Gasteiger partial charge on any atom is -0.480 e. The number of aliphatic carboxylic acids is 1. The van der Waals surface area contributed by atoms with Crippen LogP contribution in [0.3, 0.4) is 0 Å². The quantitative estimate of drug-likeness (QED) is 0.0562. The number of guanidine groups is 1. The van der Waals surface area contributed by atoms with E-state index in [1.165, 1.54) is 6.92 Å². The lowest BCUT2D eigenvalue weighted by atomic mass is 10.0. The average Bonchev–Trinajstić information content (AvgIpc) is 2.76. The average molecular weight is 503 g/mol. The number of aliphatic hydroxyl groups excluding tert-OH is 1. The third-order valence-electron chi connectivity index (χ3n) is 4.63. The van der Waals surface area contributed by atoms with E-state index in [0.29, 0.717) is 13.0 Å². The molecule has 0 heterocycles. The highest BCUT2D eigenvalue weighted by atomic mass is 16.4. The minimum absolute atomic E-state index is 0.0306. The second-order valence-corrected chi connectivity index (χ2v) is 8.33. The Morgan fingerprint density at radius 3 is 2.00 bits per heavy atom. The zero-order valence-corrected chi connectivity index (χ0v) is 20.2. The molecule has 0 bridgehead atoms. The number of aliphatic hydroxyl groups is 1. The van der Waals surface area contributed by atoms with Gasteiger partial charge in [-0.3, -0.25) is 29.0 Å². The Bertz CT molecular complexity index is 771. The van der Waals surface area contributed by atoms with Gasteiger partial charge in [0, 0.05) is 6.54 Å². The predicted molar refractivity (Wildman–Crippen MR) is 127 cm³/mol. The van der Waals surface area contributed by atoms with Gasteiger partial charge in [-0.15, -0.1) is 0 Å². The molecule has 12 N–H and O–H groups in total. The number of carboxylic acids is 1.